The molecule has 0 aliphatic heterocycles. The highest BCUT2D eigenvalue weighted by Gasteiger charge is 2.19. The standard InChI is InChI=1S/C16H22N4O2/c1-21-14-7-12-13(8-15(14)22-2)20-16(9-18-12)19-11-5-3-4-10(17)6-11/h7-11H,3-6,17H2,1-2H3,(H,19,20). The second-order valence-corrected chi connectivity index (χ2v) is 5.72. The molecule has 6 nitrogen and oxygen atoms in total. The van der Waals surface area contributed by atoms with Crippen molar-refractivity contribution in [1.82, 2.24) is 9.97 Å². The molecule has 0 saturated heterocycles. The van der Waals surface area contributed by atoms with E-state index in [4.69, 9.17) is 15.2 Å². The van der Waals surface area contributed by atoms with Crippen LogP contribution in [0.5, 0.6) is 11.5 Å². The van der Waals surface area contributed by atoms with Crippen LogP contribution in [0.25, 0.3) is 11.0 Å². The van der Waals surface area contributed by atoms with E-state index in [0.29, 0.717) is 17.5 Å². The van der Waals surface area contributed by atoms with Gasteiger partial charge in [0.1, 0.15) is 5.82 Å². The van der Waals surface area contributed by atoms with Crippen molar-refractivity contribution in [2.75, 3.05) is 19.5 Å². The molecule has 2 unspecified atom stereocenters. The van der Waals surface area contributed by atoms with Gasteiger partial charge in [-0.1, -0.05) is 0 Å². The number of rotatable bonds is 4. The molecule has 2 atom stereocenters. The molecule has 1 aromatic carbocycles. The van der Waals surface area contributed by atoms with Gasteiger partial charge in [-0.05, 0) is 25.7 Å². The first-order chi connectivity index (χ1) is 10.7. The van der Waals surface area contributed by atoms with Crippen LogP contribution in [0.4, 0.5) is 5.82 Å². The summed E-state index contributed by atoms with van der Waals surface area (Å²) in [5.74, 6) is 2.09. The van der Waals surface area contributed by atoms with Crippen molar-refractivity contribution in [2.45, 2.75) is 37.8 Å². The Hall–Kier alpha value is -2.08. The maximum Gasteiger partial charge on any atom is 0.163 e. The van der Waals surface area contributed by atoms with Crippen LogP contribution in [0.15, 0.2) is 18.3 Å². The van der Waals surface area contributed by atoms with Crippen LogP contribution >= 0.6 is 0 Å². The normalized spacial score (nSPS) is 21.6. The lowest BCUT2D eigenvalue weighted by atomic mass is 9.92. The summed E-state index contributed by atoms with van der Waals surface area (Å²) in [6.07, 6.45) is 6.13. The molecule has 1 fully saturated rings. The molecule has 6 heteroatoms. The van der Waals surface area contributed by atoms with E-state index in [-0.39, 0.29) is 6.04 Å². The van der Waals surface area contributed by atoms with Crippen molar-refractivity contribution in [2.24, 2.45) is 5.73 Å². The molecule has 1 aliphatic rings. The van der Waals surface area contributed by atoms with Crippen LogP contribution < -0.4 is 20.5 Å². The molecule has 0 radical (unpaired) electrons. The van der Waals surface area contributed by atoms with Gasteiger partial charge in [-0.25, -0.2) is 4.98 Å². The molecular weight excluding hydrogens is 280 g/mol. The number of ether oxygens (including phenoxy) is 2. The zero-order chi connectivity index (χ0) is 15.5. The maximum absolute atomic E-state index is 6.03. The lowest BCUT2D eigenvalue weighted by Crippen LogP contribution is -2.35. The Morgan fingerprint density at radius 1 is 1.14 bits per heavy atom. The highest BCUT2D eigenvalue weighted by molar-refractivity contribution is 5.80. The molecule has 1 aromatic heterocycles. The van der Waals surface area contributed by atoms with Crippen molar-refractivity contribution >= 4 is 16.9 Å². The topological polar surface area (TPSA) is 82.3 Å². The fraction of sp³-hybridized carbons (Fsp3) is 0.500. The van der Waals surface area contributed by atoms with Gasteiger partial charge < -0.3 is 20.5 Å². The van der Waals surface area contributed by atoms with Gasteiger partial charge in [-0.15, -0.1) is 0 Å². The largest absolute Gasteiger partial charge is 0.493 e. The van der Waals surface area contributed by atoms with Gasteiger partial charge in [-0.3, -0.25) is 4.98 Å². The molecule has 2 aromatic rings. The third kappa shape index (κ3) is 3.06. The average molecular weight is 302 g/mol. The molecule has 0 spiro atoms. The van der Waals surface area contributed by atoms with E-state index in [1.165, 1.54) is 0 Å². The number of anilines is 1. The van der Waals surface area contributed by atoms with E-state index in [1.54, 1.807) is 20.4 Å². The Morgan fingerprint density at radius 3 is 2.55 bits per heavy atom. The minimum atomic E-state index is 0.282. The Labute approximate surface area is 130 Å². The summed E-state index contributed by atoms with van der Waals surface area (Å²) in [6.45, 7) is 0. The van der Waals surface area contributed by atoms with Gasteiger partial charge in [0.2, 0.25) is 0 Å². The molecule has 1 aliphatic carbocycles. The van der Waals surface area contributed by atoms with Crippen LogP contribution in [0.1, 0.15) is 25.7 Å². The summed E-state index contributed by atoms with van der Waals surface area (Å²) in [6, 6.07) is 4.33. The van der Waals surface area contributed by atoms with Gasteiger partial charge in [0.05, 0.1) is 31.4 Å². The summed E-state index contributed by atoms with van der Waals surface area (Å²) in [7, 11) is 3.22. The van der Waals surface area contributed by atoms with Gasteiger partial charge in [0.15, 0.2) is 11.5 Å². The van der Waals surface area contributed by atoms with E-state index >= 15 is 0 Å². The summed E-state index contributed by atoms with van der Waals surface area (Å²) >= 11 is 0. The SMILES string of the molecule is COc1cc2ncc(NC3CCCC(N)C3)nc2cc1OC. The Morgan fingerprint density at radius 2 is 1.86 bits per heavy atom. The predicted molar refractivity (Wildman–Crippen MR) is 86.5 cm³/mol. The third-order valence-corrected chi connectivity index (χ3v) is 4.11. The fourth-order valence-electron chi connectivity index (χ4n) is 2.98. The number of hydrogen-bond acceptors (Lipinski definition) is 6. The first-order valence-corrected chi connectivity index (χ1v) is 7.60. The van der Waals surface area contributed by atoms with Crippen LogP contribution in [0.3, 0.4) is 0 Å². The zero-order valence-corrected chi connectivity index (χ0v) is 13.0. The van der Waals surface area contributed by atoms with E-state index in [0.717, 1.165) is 42.5 Å². The number of nitrogens with two attached hydrogens (primary N) is 1. The number of methoxy groups -OCH3 is 2. The number of nitrogens with zero attached hydrogens (tertiary/aromatic N) is 2. The van der Waals surface area contributed by atoms with Crippen LogP contribution in [-0.2, 0) is 0 Å². The molecule has 3 N–H and O–H groups in total. The van der Waals surface area contributed by atoms with E-state index in [2.05, 4.69) is 15.3 Å². The molecule has 1 saturated carbocycles. The molecule has 3 rings (SSSR count). The predicted octanol–water partition coefficient (Wildman–Crippen LogP) is 2.33. The highest BCUT2D eigenvalue weighted by atomic mass is 16.5. The van der Waals surface area contributed by atoms with Crippen LogP contribution in [0.2, 0.25) is 0 Å². The molecule has 0 amide bonds. The molecule has 1 heterocycles. The molecule has 118 valence electrons. The Bertz CT molecular complexity index is 662. The number of hydrogen-bond donors (Lipinski definition) is 2. The van der Waals surface area contributed by atoms with E-state index < -0.39 is 0 Å². The van der Waals surface area contributed by atoms with Crippen molar-refractivity contribution < 1.29 is 9.47 Å². The quantitative estimate of drug-likeness (QED) is 0.902. The van der Waals surface area contributed by atoms with Crippen molar-refractivity contribution in [1.29, 1.82) is 0 Å². The van der Waals surface area contributed by atoms with Gasteiger partial charge >= 0.3 is 0 Å². The Kier molecular flexibility index (Phi) is 4.29. The Balaban J connectivity index is 1.85. The van der Waals surface area contributed by atoms with Gasteiger partial charge in [0.25, 0.3) is 0 Å². The fourth-order valence-corrected chi connectivity index (χ4v) is 2.98. The maximum atomic E-state index is 6.03. The molecule has 0 bridgehead atoms. The smallest absolute Gasteiger partial charge is 0.163 e. The zero-order valence-electron chi connectivity index (χ0n) is 13.0. The van der Waals surface area contributed by atoms with E-state index in [9.17, 15) is 0 Å². The summed E-state index contributed by atoms with van der Waals surface area (Å²) < 4.78 is 10.6. The third-order valence-electron chi connectivity index (χ3n) is 4.11. The molecular formula is C16H22N4O2. The lowest BCUT2D eigenvalue weighted by Gasteiger charge is -2.27. The van der Waals surface area contributed by atoms with Gasteiger partial charge in [-0.2, -0.15) is 0 Å². The van der Waals surface area contributed by atoms with E-state index in [1.807, 2.05) is 12.1 Å². The van der Waals surface area contributed by atoms with Crippen molar-refractivity contribution in [3.8, 4) is 11.5 Å². The summed E-state index contributed by atoms with van der Waals surface area (Å²) in [4.78, 5) is 9.09. The first kappa shape index (κ1) is 14.8. The number of fused-ring (bicyclic) bond motifs is 1. The summed E-state index contributed by atoms with van der Waals surface area (Å²) in [5.41, 5.74) is 7.59. The highest BCUT2D eigenvalue weighted by Crippen LogP contribution is 2.31. The first-order valence-electron chi connectivity index (χ1n) is 7.60. The van der Waals surface area contributed by atoms with Crippen LogP contribution in [-0.4, -0.2) is 36.3 Å². The summed E-state index contributed by atoms with van der Waals surface area (Å²) in [5, 5.41) is 3.44. The lowest BCUT2D eigenvalue weighted by molar-refractivity contribution is 0.355. The molecule has 22 heavy (non-hydrogen) atoms. The van der Waals surface area contributed by atoms with Crippen molar-refractivity contribution in [3.63, 3.8) is 0 Å². The van der Waals surface area contributed by atoms with Gasteiger partial charge in [0, 0.05) is 24.2 Å². The minimum absolute atomic E-state index is 0.282. The average Bonchev–Trinajstić information content (AvgIpc) is 2.53. The number of benzene rings is 1. The second-order valence-electron chi connectivity index (χ2n) is 5.72. The van der Waals surface area contributed by atoms with Crippen molar-refractivity contribution in [3.05, 3.63) is 18.3 Å². The number of nitrogens with one attached hydrogen (secondary N) is 1. The number of aromatic nitrogens is 2. The monoisotopic (exact) mass is 302 g/mol. The minimum Gasteiger partial charge on any atom is -0.493 e. The van der Waals surface area contributed by atoms with Crippen LogP contribution in [0, 0.1) is 0 Å². The second kappa shape index (κ2) is 6.36.